The molecule has 2 aromatic rings. The van der Waals surface area contributed by atoms with Crippen molar-refractivity contribution >= 4 is 22.3 Å². The third-order valence-electron chi connectivity index (χ3n) is 3.56. The van der Waals surface area contributed by atoms with Gasteiger partial charge in [0, 0.05) is 30.9 Å². The second kappa shape index (κ2) is 4.79. The van der Waals surface area contributed by atoms with Gasteiger partial charge in [-0.3, -0.25) is 0 Å². The zero-order valence-corrected chi connectivity index (χ0v) is 11.8. The molecule has 0 spiro atoms. The maximum absolute atomic E-state index is 13.3. The lowest BCUT2D eigenvalue weighted by Gasteiger charge is -2.19. The highest BCUT2D eigenvalue weighted by atomic mass is 19.4. The van der Waals surface area contributed by atoms with Crippen LogP contribution in [0.5, 0.6) is 0 Å². The molecule has 0 amide bonds. The highest BCUT2D eigenvalue weighted by Crippen LogP contribution is 2.41. The van der Waals surface area contributed by atoms with Gasteiger partial charge >= 0.3 is 6.18 Å². The van der Waals surface area contributed by atoms with Crippen molar-refractivity contribution in [2.75, 3.05) is 24.3 Å². The summed E-state index contributed by atoms with van der Waals surface area (Å²) in [7, 11) is 3.55. The Bertz CT molecular complexity index is 676. The Kier molecular flexibility index (Phi) is 3.19. The molecule has 0 unspecified atom stereocenters. The van der Waals surface area contributed by atoms with Crippen molar-refractivity contribution in [2.45, 2.75) is 25.1 Å². The Labute approximate surface area is 120 Å². The van der Waals surface area contributed by atoms with Crippen molar-refractivity contribution < 1.29 is 13.2 Å². The predicted molar refractivity (Wildman–Crippen MR) is 77.7 cm³/mol. The first kappa shape index (κ1) is 14.0. The van der Waals surface area contributed by atoms with Gasteiger partial charge in [-0.2, -0.15) is 13.2 Å². The normalized spacial score (nSPS) is 15.3. The number of nitrogens with zero attached hydrogens (tertiary/aromatic N) is 2. The van der Waals surface area contributed by atoms with Crippen LogP contribution in [0.3, 0.4) is 0 Å². The number of rotatable bonds is 3. The molecule has 6 heteroatoms. The van der Waals surface area contributed by atoms with Crippen molar-refractivity contribution in [1.29, 1.82) is 0 Å². The lowest BCUT2D eigenvalue weighted by Crippen LogP contribution is -2.14. The Balaban J connectivity index is 2.29. The second-order valence-electron chi connectivity index (χ2n) is 5.53. The molecule has 0 saturated heterocycles. The van der Waals surface area contributed by atoms with Gasteiger partial charge in [-0.05, 0) is 18.9 Å². The zero-order valence-electron chi connectivity index (χ0n) is 11.8. The van der Waals surface area contributed by atoms with E-state index in [0.717, 1.165) is 18.9 Å². The molecular weight excluding hydrogens is 279 g/mol. The van der Waals surface area contributed by atoms with Gasteiger partial charge in [0.05, 0.1) is 17.4 Å². The highest BCUT2D eigenvalue weighted by Gasteiger charge is 2.34. The SMILES string of the molecule is CN(C)c1ncc(NC2CC2)c2c(C(F)(F)F)cccc12. The molecule has 1 fully saturated rings. The largest absolute Gasteiger partial charge is 0.417 e. The van der Waals surface area contributed by atoms with Crippen LogP contribution in [0.2, 0.25) is 0 Å². The van der Waals surface area contributed by atoms with Crippen LogP contribution in [-0.4, -0.2) is 25.1 Å². The van der Waals surface area contributed by atoms with Crippen LogP contribution in [0.25, 0.3) is 10.8 Å². The number of pyridine rings is 1. The Morgan fingerprint density at radius 1 is 1.24 bits per heavy atom. The Morgan fingerprint density at radius 3 is 2.52 bits per heavy atom. The van der Waals surface area contributed by atoms with Crippen molar-refractivity contribution in [3.63, 3.8) is 0 Å². The molecule has 21 heavy (non-hydrogen) atoms. The van der Waals surface area contributed by atoms with Gasteiger partial charge in [0.2, 0.25) is 0 Å². The van der Waals surface area contributed by atoms with Crippen LogP contribution < -0.4 is 10.2 Å². The monoisotopic (exact) mass is 295 g/mol. The minimum atomic E-state index is -4.38. The lowest BCUT2D eigenvalue weighted by atomic mass is 10.0. The molecular formula is C15H16F3N3. The molecule has 3 rings (SSSR count). The predicted octanol–water partition coefficient (Wildman–Crippen LogP) is 3.89. The topological polar surface area (TPSA) is 28.2 Å². The van der Waals surface area contributed by atoms with E-state index in [9.17, 15) is 13.2 Å². The molecule has 0 aliphatic heterocycles. The maximum Gasteiger partial charge on any atom is 0.417 e. The zero-order chi connectivity index (χ0) is 15.2. The van der Waals surface area contributed by atoms with Gasteiger partial charge in [0.1, 0.15) is 5.82 Å². The van der Waals surface area contributed by atoms with Crippen LogP contribution in [0, 0.1) is 0 Å². The highest BCUT2D eigenvalue weighted by molar-refractivity contribution is 6.02. The van der Waals surface area contributed by atoms with Gasteiger partial charge in [-0.15, -0.1) is 0 Å². The molecule has 1 saturated carbocycles. The van der Waals surface area contributed by atoms with E-state index in [4.69, 9.17) is 0 Å². The average Bonchev–Trinajstić information content (AvgIpc) is 3.20. The number of halogens is 3. The summed E-state index contributed by atoms with van der Waals surface area (Å²) in [6.45, 7) is 0. The fraction of sp³-hybridized carbons (Fsp3) is 0.400. The number of alkyl halides is 3. The van der Waals surface area contributed by atoms with Crippen LogP contribution in [0.1, 0.15) is 18.4 Å². The summed E-state index contributed by atoms with van der Waals surface area (Å²) in [5, 5.41) is 3.88. The van der Waals surface area contributed by atoms with E-state index in [-0.39, 0.29) is 11.4 Å². The summed E-state index contributed by atoms with van der Waals surface area (Å²) in [4.78, 5) is 6.03. The average molecular weight is 295 g/mol. The summed E-state index contributed by atoms with van der Waals surface area (Å²) in [6, 6.07) is 4.51. The first-order valence-electron chi connectivity index (χ1n) is 6.80. The first-order chi connectivity index (χ1) is 9.88. The molecule has 1 aromatic carbocycles. The molecule has 112 valence electrons. The van der Waals surface area contributed by atoms with Crippen molar-refractivity contribution in [3.8, 4) is 0 Å². The molecule has 1 aliphatic carbocycles. The molecule has 1 aromatic heterocycles. The van der Waals surface area contributed by atoms with E-state index in [1.807, 2.05) is 0 Å². The molecule has 1 aliphatic rings. The van der Waals surface area contributed by atoms with Crippen molar-refractivity contribution in [2.24, 2.45) is 0 Å². The third-order valence-corrected chi connectivity index (χ3v) is 3.56. The molecule has 1 N–H and O–H groups in total. The number of benzene rings is 1. The number of hydrogen-bond acceptors (Lipinski definition) is 3. The van der Waals surface area contributed by atoms with E-state index in [2.05, 4.69) is 10.3 Å². The van der Waals surface area contributed by atoms with Gasteiger partial charge in [0.25, 0.3) is 0 Å². The summed E-state index contributed by atoms with van der Waals surface area (Å²) < 4.78 is 40.0. The quantitative estimate of drug-likeness (QED) is 0.931. The standard InChI is InChI=1S/C15H16F3N3/c1-21(2)14-10-4-3-5-11(15(16,17)18)13(10)12(8-19-14)20-9-6-7-9/h3-5,8-9,20H,6-7H2,1-2H3. The minimum Gasteiger partial charge on any atom is -0.381 e. The van der Waals surface area contributed by atoms with Crippen LogP contribution in [0.4, 0.5) is 24.7 Å². The molecule has 0 radical (unpaired) electrons. The number of fused-ring (bicyclic) bond motifs is 1. The van der Waals surface area contributed by atoms with Crippen molar-refractivity contribution in [1.82, 2.24) is 4.98 Å². The fourth-order valence-electron chi connectivity index (χ4n) is 2.44. The summed E-state index contributed by atoms with van der Waals surface area (Å²) in [5.74, 6) is 0.539. The van der Waals surface area contributed by atoms with Crippen LogP contribution in [-0.2, 0) is 6.18 Å². The number of anilines is 2. The fourth-order valence-corrected chi connectivity index (χ4v) is 2.44. The minimum absolute atomic E-state index is 0.204. The number of nitrogens with one attached hydrogen (secondary N) is 1. The van der Waals surface area contributed by atoms with Gasteiger partial charge < -0.3 is 10.2 Å². The van der Waals surface area contributed by atoms with E-state index >= 15 is 0 Å². The maximum atomic E-state index is 13.3. The molecule has 3 nitrogen and oxygen atoms in total. The second-order valence-corrected chi connectivity index (χ2v) is 5.53. The van der Waals surface area contributed by atoms with Crippen LogP contribution in [0.15, 0.2) is 24.4 Å². The van der Waals surface area contributed by atoms with E-state index < -0.39 is 11.7 Å². The third kappa shape index (κ3) is 2.62. The molecule has 0 atom stereocenters. The van der Waals surface area contributed by atoms with Crippen LogP contribution >= 0.6 is 0 Å². The smallest absolute Gasteiger partial charge is 0.381 e. The van der Waals surface area contributed by atoms with E-state index in [1.54, 1.807) is 25.1 Å². The van der Waals surface area contributed by atoms with Gasteiger partial charge in [-0.25, -0.2) is 4.98 Å². The number of aromatic nitrogens is 1. The lowest BCUT2D eigenvalue weighted by molar-refractivity contribution is -0.136. The number of hydrogen-bond donors (Lipinski definition) is 1. The summed E-state index contributed by atoms with van der Waals surface area (Å²) >= 11 is 0. The molecule has 0 bridgehead atoms. The first-order valence-corrected chi connectivity index (χ1v) is 6.80. The van der Waals surface area contributed by atoms with E-state index in [0.29, 0.717) is 16.9 Å². The Hall–Kier alpha value is -1.98. The van der Waals surface area contributed by atoms with Crippen molar-refractivity contribution in [3.05, 3.63) is 30.0 Å². The van der Waals surface area contributed by atoms with E-state index in [1.165, 1.54) is 12.3 Å². The summed E-state index contributed by atoms with van der Waals surface area (Å²) in [5.41, 5.74) is -0.153. The summed E-state index contributed by atoms with van der Waals surface area (Å²) in [6.07, 6.45) is -0.897. The van der Waals surface area contributed by atoms with Gasteiger partial charge in [-0.1, -0.05) is 12.1 Å². The molecule has 1 heterocycles. The Morgan fingerprint density at radius 2 is 1.95 bits per heavy atom. The van der Waals surface area contributed by atoms with Gasteiger partial charge in [0.15, 0.2) is 0 Å².